The van der Waals surface area contributed by atoms with Crippen LogP contribution in [0.15, 0.2) is 12.4 Å². The smallest absolute Gasteiger partial charge is 0.125 e. The van der Waals surface area contributed by atoms with E-state index in [9.17, 15) is 0 Å². The lowest BCUT2D eigenvalue weighted by atomic mass is 10.0. The maximum absolute atomic E-state index is 6.18. The van der Waals surface area contributed by atoms with Crippen LogP contribution in [0.3, 0.4) is 0 Å². The van der Waals surface area contributed by atoms with Crippen LogP contribution in [0, 0.1) is 13.8 Å². The van der Waals surface area contributed by atoms with Gasteiger partial charge in [0.05, 0.1) is 11.7 Å². The van der Waals surface area contributed by atoms with Gasteiger partial charge < -0.3 is 10.3 Å². The van der Waals surface area contributed by atoms with Crippen LogP contribution in [0.1, 0.15) is 35.2 Å². The topological polar surface area (TPSA) is 61.7 Å². The summed E-state index contributed by atoms with van der Waals surface area (Å²) in [4.78, 5) is 4.30. The van der Waals surface area contributed by atoms with Gasteiger partial charge in [0.1, 0.15) is 5.82 Å². The molecule has 0 fully saturated rings. The van der Waals surface area contributed by atoms with Gasteiger partial charge in [0.15, 0.2) is 0 Å². The number of aromatic nitrogens is 4. The van der Waals surface area contributed by atoms with Gasteiger partial charge >= 0.3 is 0 Å². The minimum atomic E-state index is -0.0241. The molecule has 5 nitrogen and oxygen atoms in total. The van der Waals surface area contributed by atoms with Crippen LogP contribution in [0.2, 0.25) is 0 Å². The molecule has 0 aliphatic carbocycles. The number of nitrogens with zero attached hydrogens (tertiary/aromatic N) is 4. The van der Waals surface area contributed by atoms with Crippen LogP contribution in [0.25, 0.3) is 0 Å². The molecule has 2 aromatic heterocycles. The van der Waals surface area contributed by atoms with Gasteiger partial charge in [0.25, 0.3) is 0 Å². The molecule has 1 atom stereocenters. The highest BCUT2D eigenvalue weighted by molar-refractivity contribution is 5.24. The van der Waals surface area contributed by atoms with Crippen molar-refractivity contribution in [3.05, 3.63) is 35.2 Å². The van der Waals surface area contributed by atoms with Crippen molar-refractivity contribution in [2.45, 2.75) is 32.7 Å². The maximum Gasteiger partial charge on any atom is 0.125 e. The highest BCUT2D eigenvalue weighted by Gasteiger charge is 2.14. The molecule has 2 rings (SSSR count). The summed E-state index contributed by atoms with van der Waals surface area (Å²) in [6.45, 7) is 4.15. The van der Waals surface area contributed by atoms with Crippen molar-refractivity contribution in [1.29, 1.82) is 0 Å². The van der Waals surface area contributed by atoms with E-state index in [1.807, 2.05) is 29.5 Å². The van der Waals surface area contributed by atoms with Crippen molar-refractivity contribution in [1.82, 2.24) is 19.3 Å². The Morgan fingerprint density at radius 2 is 2.06 bits per heavy atom. The van der Waals surface area contributed by atoms with Gasteiger partial charge in [-0.25, -0.2) is 4.98 Å². The summed E-state index contributed by atoms with van der Waals surface area (Å²) in [5.74, 6) is 0.939. The Bertz CT molecular complexity index is 538. The molecule has 0 saturated carbocycles. The summed E-state index contributed by atoms with van der Waals surface area (Å²) in [7, 11) is 3.95. The van der Waals surface area contributed by atoms with E-state index in [0.29, 0.717) is 0 Å². The van der Waals surface area contributed by atoms with Crippen molar-refractivity contribution in [2.75, 3.05) is 0 Å². The van der Waals surface area contributed by atoms with Gasteiger partial charge in [0, 0.05) is 32.2 Å². The lowest BCUT2D eigenvalue weighted by Crippen LogP contribution is -2.16. The normalized spacial score (nSPS) is 12.9. The van der Waals surface area contributed by atoms with E-state index in [1.165, 1.54) is 11.3 Å². The second-order valence-electron chi connectivity index (χ2n) is 4.81. The molecule has 1 unspecified atom stereocenters. The second kappa shape index (κ2) is 4.94. The quantitative estimate of drug-likeness (QED) is 0.888. The maximum atomic E-state index is 6.18. The minimum absolute atomic E-state index is 0.0241. The van der Waals surface area contributed by atoms with E-state index in [0.717, 1.165) is 24.4 Å². The van der Waals surface area contributed by atoms with Crippen molar-refractivity contribution in [3.63, 3.8) is 0 Å². The molecule has 0 bridgehead atoms. The Labute approximate surface area is 108 Å². The number of hydrogen-bond acceptors (Lipinski definition) is 3. The average molecular weight is 247 g/mol. The van der Waals surface area contributed by atoms with Crippen molar-refractivity contribution < 1.29 is 0 Å². The number of hydrogen-bond donors (Lipinski definition) is 1. The summed E-state index contributed by atoms with van der Waals surface area (Å²) in [6, 6.07) is -0.0241. The zero-order valence-electron chi connectivity index (χ0n) is 11.5. The zero-order valence-corrected chi connectivity index (χ0v) is 11.5. The molecule has 0 aliphatic rings. The fourth-order valence-corrected chi connectivity index (χ4v) is 2.34. The van der Waals surface area contributed by atoms with Crippen molar-refractivity contribution in [3.8, 4) is 0 Å². The molecule has 2 heterocycles. The number of rotatable bonds is 4. The van der Waals surface area contributed by atoms with E-state index in [1.54, 1.807) is 6.20 Å². The molecular formula is C13H21N5. The Morgan fingerprint density at radius 1 is 1.33 bits per heavy atom. The summed E-state index contributed by atoms with van der Waals surface area (Å²) in [6.07, 6.45) is 5.54. The van der Waals surface area contributed by atoms with Crippen LogP contribution in [-0.2, 0) is 20.5 Å². The first-order valence-electron chi connectivity index (χ1n) is 6.22. The largest absolute Gasteiger partial charge is 0.337 e. The first-order chi connectivity index (χ1) is 8.50. The van der Waals surface area contributed by atoms with E-state index < -0.39 is 0 Å². The third-order valence-corrected chi connectivity index (χ3v) is 3.55. The zero-order chi connectivity index (χ0) is 13.3. The molecule has 2 aromatic rings. The molecule has 2 N–H and O–H groups in total. The Kier molecular flexibility index (Phi) is 3.52. The number of imidazole rings is 1. The Morgan fingerprint density at radius 3 is 2.56 bits per heavy atom. The number of aryl methyl sites for hydroxylation is 3. The van der Waals surface area contributed by atoms with Crippen LogP contribution in [-0.4, -0.2) is 19.3 Å². The van der Waals surface area contributed by atoms with Crippen LogP contribution >= 0.6 is 0 Å². The van der Waals surface area contributed by atoms with Gasteiger partial charge in [0.2, 0.25) is 0 Å². The minimum Gasteiger partial charge on any atom is -0.337 e. The fourth-order valence-electron chi connectivity index (χ4n) is 2.34. The molecule has 0 radical (unpaired) electrons. The molecule has 0 amide bonds. The van der Waals surface area contributed by atoms with E-state index in [2.05, 4.69) is 23.9 Å². The summed E-state index contributed by atoms with van der Waals surface area (Å²) in [5.41, 5.74) is 9.81. The molecule has 5 heteroatoms. The third kappa shape index (κ3) is 2.31. The molecular weight excluding hydrogens is 226 g/mol. The summed E-state index contributed by atoms with van der Waals surface area (Å²) >= 11 is 0. The summed E-state index contributed by atoms with van der Waals surface area (Å²) < 4.78 is 3.91. The SMILES string of the molecule is Cc1nn(C)c(C)c1CCC(N)c1nccn1C. The second-order valence-corrected chi connectivity index (χ2v) is 4.81. The predicted octanol–water partition coefficient (Wildman–Crippen LogP) is 1.40. The highest BCUT2D eigenvalue weighted by atomic mass is 15.3. The molecule has 98 valence electrons. The highest BCUT2D eigenvalue weighted by Crippen LogP contribution is 2.19. The molecule has 0 saturated heterocycles. The molecule has 18 heavy (non-hydrogen) atoms. The van der Waals surface area contributed by atoms with Gasteiger partial charge in [-0.15, -0.1) is 0 Å². The van der Waals surface area contributed by atoms with Crippen LogP contribution in [0.4, 0.5) is 0 Å². The third-order valence-electron chi connectivity index (χ3n) is 3.55. The lowest BCUT2D eigenvalue weighted by Gasteiger charge is -2.11. The van der Waals surface area contributed by atoms with Gasteiger partial charge in [-0.2, -0.15) is 5.10 Å². The lowest BCUT2D eigenvalue weighted by molar-refractivity contribution is 0.586. The van der Waals surface area contributed by atoms with Gasteiger partial charge in [-0.1, -0.05) is 0 Å². The monoisotopic (exact) mass is 247 g/mol. The molecule has 0 aliphatic heterocycles. The van der Waals surface area contributed by atoms with Gasteiger partial charge in [-0.05, 0) is 32.3 Å². The average Bonchev–Trinajstić information content (AvgIpc) is 2.83. The van der Waals surface area contributed by atoms with Crippen LogP contribution < -0.4 is 5.73 Å². The Hall–Kier alpha value is -1.62. The summed E-state index contributed by atoms with van der Waals surface area (Å²) in [5, 5.41) is 4.42. The Balaban J connectivity index is 2.06. The first kappa shape index (κ1) is 12.8. The number of nitrogens with two attached hydrogens (primary N) is 1. The van der Waals surface area contributed by atoms with E-state index in [-0.39, 0.29) is 6.04 Å². The molecule has 0 spiro atoms. The predicted molar refractivity (Wildman–Crippen MR) is 71.1 cm³/mol. The van der Waals surface area contributed by atoms with Gasteiger partial charge in [-0.3, -0.25) is 4.68 Å². The van der Waals surface area contributed by atoms with E-state index >= 15 is 0 Å². The van der Waals surface area contributed by atoms with Crippen molar-refractivity contribution in [2.24, 2.45) is 19.8 Å². The molecule has 0 aromatic carbocycles. The van der Waals surface area contributed by atoms with E-state index in [4.69, 9.17) is 5.73 Å². The fraction of sp³-hybridized carbons (Fsp3) is 0.538. The first-order valence-corrected chi connectivity index (χ1v) is 6.22. The van der Waals surface area contributed by atoms with Crippen molar-refractivity contribution >= 4 is 0 Å². The standard InChI is InChI=1S/C13H21N5/c1-9-11(10(2)18(4)16-9)5-6-12(14)13-15-7-8-17(13)3/h7-8,12H,5-6,14H2,1-4H3. The van der Waals surface area contributed by atoms with Crippen LogP contribution in [0.5, 0.6) is 0 Å².